The first kappa shape index (κ1) is 20.2. The molecule has 2 aliphatic carbocycles. The molecule has 0 amide bonds. The van der Waals surface area contributed by atoms with Gasteiger partial charge in [0.25, 0.3) is 0 Å². The van der Waals surface area contributed by atoms with Gasteiger partial charge in [0.15, 0.2) is 0 Å². The summed E-state index contributed by atoms with van der Waals surface area (Å²) < 4.78 is 0. The lowest BCUT2D eigenvalue weighted by molar-refractivity contribution is -0.580. The van der Waals surface area contributed by atoms with Gasteiger partial charge in [-0.3, -0.25) is 0 Å². The molecule has 140 valence electrons. The monoisotopic (exact) mass is 366 g/mol. The highest BCUT2D eigenvalue weighted by Gasteiger charge is 2.38. The number of aliphatic hydroxyl groups excluding tert-OH is 1. The van der Waals surface area contributed by atoms with Crippen LogP contribution in [0.1, 0.15) is 52.0 Å². The predicted octanol–water partition coefficient (Wildman–Crippen LogP) is -0.263. The summed E-state index contributed by atoms with van der Waals surface area (Å²) in [6.07, 6.45) is 4.55. The van der Waals surface area contributed by atoms with Gasteiger partial charge in [0.1, 0.15) is 24.9 Å². The number of halogens is 1. The van der Waals surface area contributed by atoms with Crippen molar-refractivity contribution in [1.29, 1.82) is 0 Å². The summed E-state index contributed by atoms with van der Waals surface area (Å²) in [4.78, 5) is 5.43. The van der Waals surface area contributed by atoms with Gasteiger partial charge in [-0.2, -0.15) is 0 Å². The molecule has 0 bridgehead atoms. The SMILES string of the molecule is CC(C)(C)c1ccc([NH2+]C[C@H](O)CON=C(C2CC2)C2CC2)cc1.[Cl-]. The maximum atomic E-state index is 10.1. The molecule has 3 rings (SSSR count). The molecule has 0 heterocycles. The van der Waals surface area contributed by atoms with E-state index in [4.69, 9.17) is 4.84 Å². The molecule has 4 nitrogen and oxygen atoms in total. The maximum Gasteiger partial charge on any atom is 0.148 e. The summed E-state index contributed by atoms with van der Waals surface area (Å²) in [5.41, 5.74) is 3.89. The lowest BCUT2D eigenvalue weighted by Gasteiger charge is -2.18. The van der Waals surface area contributed by atoms with Crippen molar-refractivity contribution >= 4 is 11.4 Å². The zero-order valence-corrected chi connectivity index (χ0v) is 16.3. The van der Waals surface area contributed by atoms with Crippen LogP contribution in [0.25, 0.3) is 0 Å². The Morgan fingerprint density at radius 3 is 2.20 bits per heavy atom. The Kier molecular flexibility index (Phi) is 6.89. The van der Waals surface area contributed by atoms with Crippen LogP contribution in [0.2, 0.25) is 0 Å². The number of oxime groups is 1. The average Bonchev–Trinajstić information content (AvgIpc) is 3.42. The Morgan fingerprint density at radius 2 is 1.72 bits per heavy atom. The highest BCUT2D eigenvalue weighted by Crippen LogP contribution is 2.42. The number of nitrogens with zero attached hydrogens (tertiary/aromatic N) is 1. The molecule has 3 N–H and O–H groups in total. The largest absolute Gasteiger partial charge is 1.00 e. The first-order valence-corrected chi connectivity index (χ1v) is 9.25. The topological polar surface area (TPSA) is 58.4 Å². The minimum Gasteiger partial charge on any atom is -1.00 e. The lowest BCUT2D eigenvalue weighted by atomic mass is 9.87. The number of benzene rings is 1. The van der Waals surface area contributed by atoms with Crippen molar-refractivity contribution in [2.75, 3.05) is 13.2 Å². The normalized spacial score (nSPS) is 18.2. The van der Waals surface area contributed by atoms with Crippen LogP contribution in [0, 0.1) is 11.8 Å². The van der Waals surface area contributed by atoms with Gasteiger partial charge in [-0.15, -0.1) is 0 Å². The molecule has 0 unspecified atom stereocenters. The second kappa shape index (κ2) is 8.52. The summed E-state index contributed by atoms with van der Waals surface area (Å²) in [5.74, 6) is 1.34. The molecular formula is C20H31ClN2O2. The van der Waals surface area contributed by atoms with Crippen molar-refractivity contribution in [3.8, 4) is 0 Å². The highest BCUT2D eigenvalue weighted by molar-refractivity contribution is 5.92. The number of rotatable bonds is 8. The number of aliphatic hydroxyl groups is 1. The molecule has 2 aliphatic rings. The van der Waals surface area contributed by atoms with E-state index in [2.05, 4.69) is 55.5 Å². The summed E-state index contributed by atoms with van der Waals surface area (Å²) in [6, 6.07) is 8.56. The van der Waals surface area contributed by atoms with Crippen molar-refractivity contribution in [2.45, 2.75) is 58.0 Å². The molecule has 25 heavy (non-hydrogen) atoms. The van der Waals surface area contributed by atoms with Gasteiger partial charge in [0.05, 0.1) is 5.71 Å². The van der Waals surface area contributed by atoms with E-state index in [0.717, 1.165) is 5.69 Å². The van der Waals surface area contributed by atoms with E-state index in [1.807, 2.05) is 0 Å². The first-order chi connectivity index (χ1) is 11.4. The van der Waals surface area contributed by atoms with Gasteiger partial charge < -0.3 is 27.7 Å². The third kappa shape index (κ3) is 6.28. The van der Waals surface area contributed by atoms with E-state index in [1.54, 1.807) is 0 Å². The second-order valence-corrected chi connectivity index (χ2v) is 8.33. The van der Waals surface area contributed by atoms with Crippen molar-refractivity contribution in [1.82, 2.24) is 0 Å². The van der Waals surface area contributed by atoms with E-state index < -0.39 is 6.10 Å². The minimum atomic E-state index is -0.504. The van der Waals surface area contributed by atoms with Crippen LogP contribution in [0.4, 0.5) is 5.69 Å². The number of quaternary nitrogens is 1. The van der Waals surface area contributed by atoms with E-state index in [-0.39, 0.29) is 24.4 Å². The van der Waals surface area contributed by atoms with E-state index in [0.29, 0.717) is 18.4 Å². The first-order valence-electron chi connectivity index (χ1n) is 9.25. The van der Waals surface area contributed by atoms with Crippen LogP contribution in [0.15, 0.2) is 29.4 Å². The molecule has 2 fully saturated rings. The molecule has 1 atom stereocenters. The maximum absolute atomic E-state index is 10.1. The van der Waals surface area contributed by atoms with Gasteiger partial charge in [0, 0.05) is 11.8 Å². The molecular weight excluding hydrogens is 336 g/mol. The smallest absolute Gasteiger partial charge is 0.148 e. The average molecular weight is 367 g/mol. The fourth-order valence-corrected chi connectivity index (χ4v) is 2.90. The quantitative estimate of drug-likeness (QED) is 0.378. The Labute approximate surface area is 157 Å². The fraction of sp³-hybridized carbons (Fsp3) is 0.650. The van der Waals surface area contributed by atoms with Crippen LogP contribution >= 0.6 is 0 Å². The van der Waals surface area contributed by atoms with Gasteiger partial charge in [0.2, 0.25) is 0 Å². The Hall–Kier alpha value is -1.10. The third-order valence-corrected chi connectivity index (χ3v) is 4.83. The molecule has 2 saturated carbocycles. The summed E-state index contributed by atoms with van der Waals surface area (Å²) in [5, 5.41) is 16.5. The van der Waals surface area contributed by atoms with E-state index >= 15 is 0 Å². The molecule has 0 spiro atoms. The Morgan fingerprint density at radius 1 is 1.16 bits per heavy atom. The van der Waals surface area contributed by atoms with Gasteiger partial charge in [-0.1, -0.05) is 38.1 Å². The molecule has 1 aromatic carbocycles. The summed E-state index contributed by atoms with van der Waals surface area (Å²) in [7, 11) is 0. The second-order valence-electron chi connectivity index (χ2n) is 8.33. The zero-order valence-electron chi connectivity index (χ0n) is 15.5. The summed E-state index contributed by atoms with van der Waals surface area (Å²) >= 11 is 0. The van der Waals surface area contributed by atoms with Gasteiger partial charge in [-0.25, -0.2) is 0 Å². The van der Waals surface area contributed by atoms with Crippen molar-refractivity contribution in [3.63, 3.8) is 0 Å². The predicted molar refractivity (Wildman–Crippen MR) is 96.4 cm³/mol. The third-order valence-electron chi connectivity index (χ3n) is 4.83. The van der Waals surface area contributed by atoms with Crippen molar-refractivity contribution < 1.29 is 27.7 Å². The number of hydrogen-bond donors (Lipinski definition) is 2. The Bertz CT molecular complexity index is 558. The standard InChI is InChI=1S/C20H30N2O2.ClH/c1-20(2,3)16-8-10-17(11-9-16)21-12-18(23)13-24-22-19(14-4-5-14)15-6-7-15;/h8-11,14-15,18,21,23H,4-7,12-13H2,1-3H3;1H/t18-;/m0./s1. The Balaban J connectivity index is 0.00000225. The van der Waals surface area contributed by atoms with Crippen LogP contribution in [0.5, 0.6) is 0 Å². The molecule has 0 radical (unpaired) electrons. The van der Waals surface area contributed by atoms with Crippen LogP contribution in [-0.2, 0) is 10.3 Å². The summed E-state index contributed by atoms with van der Waals surface area (Å²) in [6.45, 7) is 7.51. The van der Waals surface area contributed by atoms with E-state index in [1.165, 1.54) is 37.0 Å². The van der Waals surface area contributed by atoms with Crippen LogP contribution < -0.4 is 17.7 Å². The molecule has 0 aromatic heterocycles. The van der Waals surface area contributed by atoms with Gasteiger partial charge >= 0.3 is 0 Å². The van der Waals surface area contributed by atoms with Crippen LogP contribution in [-0.4, -0.2) is 30.1 Å². The molecule has 1 aromatic rings. The zero-order chi connectivity index (χ0) is 17.2. The fourth-order valence-electron chi connectivity index (χ4n) is 2.90. The minimum absolute atomic E-state index is 0. The van der Waals surface area contributed by atoms with E-state index in [9.17, 15) is 5.11 Å². The molecule has 0 saturated heterocycles. The highest BCUT2D eigenvalue weighted by atomic mass is 35.5. The molecule has 0 aliphatic heterocycles. The van der Waals surface area contributed by atoms with Crippen molar-refractivity contribution in [3.05, 3.63) is 29.8 Å². The number of nitrogens with two attached hydrogens (primary N) is 1. The lowest BCUT2D eigenvalue weighted by Crippen LogP contribution is -3.00. The number of hydrogen-bond acceptors (Lipinski definition) is 3. The molecule has 5 heteroatoms. The van der Waals surface area contributed by atoms with Crippen molar-refractivity contribution in [2.24, 2.45) is 17.0 Å². The van der Waals surface area contributed by atoms with Gasteiger partial charge in [-0.05, 0) is 48.8 Å². The van der Waals surface area contributed by atoms with Crippen LogP contribution in [0.3, 0.4) is 0 Å².